The Bertz CT molecular complexity index is 762. The van der Waals surface area contributed by atoms with E-state index in [4.69, 9.17) is 26.8 Å². The van der Waals surface area contributed by atoms with E-state index in [0.717, 1.165) is 38.5 Å². The Labute approximate surface area is 241 Å². The maximum Gasteiger partial charge on any atom is 0.330 e. The maximum absolute atomic E-state index is 11.8. The molecule has 224 valence electrons. The van der Waals surface area contributed by atoms with Crippen molar-refractivity contribution in [1.82, 2.24) is 0 Å². The van der Waals surface area contributed by atoms with Gasteiger partial charge in [-0.2, -0.15) is 0 Å². The minimum Gasteiger partial charge on any atom is -0.459 e. The predicted octanol–water partition coefficient (Wildman–Crippen LogP) is 7.48. The van der Waals surface area contributed by atoms with Crippen molar-refractivity contribution in [1.29, 1.82) is 0 Å². The van der Waals surface area contributed by atoms with Crippen LogP contribution in [-0.2, 0) is 28.5 Å². The van der Waals surface area contributed by atoms with E-state index >= 15 is 0 Å². The fourth-order valence-corrected chi connectivity index (χ4v) is 5.37. The SMILES string of the molecule is [B]C(CC)(OCCC(C)OC(=O)C=C)C(CC)(CC(C)CC)CC(CC)(CC)OCCC(C)(C)OC(=O)C=C. The smallest absolute Gasteiger partial charge is 0.330 e. The maximum atomic E-state index is 11.8. The fourth-order valence-electron chi connectivity index (χ4n) is 5.37. The van der Waals surface area contributed by atoms with E-state index in [1.54, 1.807) is 0 Å². The van der Waals surface area contributed by atoms with Gasteiger partial charge in [-0.25, -0.2) is 9.59 Å². The Kier molecular flexibility index (Phi) is 16.6. The zero-order valence-corrected chi connectivity index (χ0v) is 26.5. The van der Waals surface area contributed by atoms with E-state index in [-0.39, 0.29) is 11.5 Å². The molecule has 4 atom stereocenters. The highest BCUT2D eigenvalue weighted by Gasteiger charge is 2.51. The molecule has 39 heavy (non-hydrogen) atoms. The van der Waals surface area contributed by atoms with Crippen molar-refractivity contribution in [3.8, 4) is 0 Å². The second-order valence-electron chi connectivity index (χ2n) is 11.7. The highest BCUT2D eigenvalue weighted by molar-refractivity contribution is 6.15. The molecular formula is C32H57BO6. The van der Waals surface area contributed by atoms with E-state index in [2.05, 4.69) is 54.7 Å². The van der Waals surface area contributed by atoms with Crippen molar-refractivity contribution in [2.24, 2.45) is 11.3 Å². The normalized spacial score (nSPS) is 16.8. The number of esters is 2. The quantitative estimate of drug-likeness (QED) is 0.0794. The third-order valence-corrected chi connectivity index (χ3v) is 8.51. The Morgan fingerprint density at radius 1 is 0.872 bits per heavy atom. The largest absolute Gasteiger partial charge is 0.459 e. The second-order valence-corrected chi connectivity index (χ2v) is 11.7. The molecule has 0 spiro atoms. The van der Waals surface area contributed by atoms with Crippen LogP contribution in [0, 0.1) is 11.3 Å². The Balaban J connectivity index is 6.02. The lowest BCUT2D eigenvalue weighted by molar-refractivity contribution is -0.163. The van der Waals surface area contributed by atoms with Crippen LogP contribution in [0.25, 0.3) is 0 Å². The Morgan fingerprint density at radius 3 is 1.92 bits per heavy atom. The third-order valence-electron chi connectivity index (χ3n) is 8.51. The van der Waals surface area contributed by atoms with E-state index in [0.29, 0.717) is 38.4 Å². The van der Waals surface area contributed by atoms with Gasteiger partial charge in [-0.3, -0.25) is 0 Å². The van der Waals surface area contributed by atoms with Crippen LogP contribution in [0.1, 0.15) is 120 Å². The summed E-state index contributed by atoms with van der Waals surface area (Å²) in [5, 5.41) is 0. The fraction of sp³-hybridized carbons (Fsp3) is 0.812. The van der Waals surface area contributed by atoms with Gasteiger partial charge in [0.05, 0.1) is 12.2 Å². The number of carbonyl (C=O) groups is 2. The molecule has 0 bridgehead atoms. The molecule has 0 rings (SSSR count). The number of ether oxygens (including phenoxy) is 4. The molecule has 0 saturated heterocycles. The molecule has 0 fully saturated rings. The van der Waals surface area contributed by atoms with E-state index in [9.17, 15) is 9.59 Å². The lowest BCUT2D eigenvalue weighted by Crippen LogP contribution is -2.55. The summed E-state index contributed by atoms with van der Waals surface area (Å²) in [5.74, 6) is -0.413. The average molecular weight is 549 g/mol. The molecular weight excluding hydrogens is 491 g/mol. The van der Waals surface area contributed by atoms with Crippen molar-refractivity contribution in [2.45, 2.75) is 143 Å². The molecule has 0 heterocycles. The van der Waals surface area contributed by atoms with Gasteiger partial charge >= 0.3 is 11.9 Å². The van der Waals surface area contributed by atoms with Gasteiger partial charge in [-0.05, 0) is 70.6 Å². The summed E-state index contributed by atoms with van der Waals surface area (Å²) in [7, 11) is 7.22. The van der Waals surface area contributed by atoms with Crippen molar-refractivity contribution in [2.75, 3.05) is 13.2 Å². The van der Waals surface area contributed by atoms with Crippen LogP contribution in [0.5, 0.6) is 0 Å². The van der Waals surface area contributed by atoms with Gasteiger partial charge in [0, 0.05) is 37.1 Å². The van der Waals surface area contributed by atoms with Crippen LogP contribution in [0.2, 0.25) is 0 Å². The van der Waals surface area contributed by atoms with Crippen LogP contribution < -0.4 is 0 Å². The summed E-state index contributed by atoms with van der Waals surface area (Å²) in [6, 6.07) is 0. The second kappa shape index (κ2) is 17.3. The monoisotopic (exact) mass is 548 g/mol. The lowest BCUT2D eigenvalue weighted by atomic mass is 9.52. The molecule has 0 aliphatic carbocycles. The minimum atomic E-state index is -0.884. The molecule has 0 aliphatic rings. The van der Waals surface area contributed by atoms with E-state index in [1.165, 1.54) is 12.2 Å². The summed E-state index contributed by atoms with van der Waals surface area (Å²) in [6.45, 7) is 26.5. The molecule has 2 radical (unpaired) electrons. The zero-order chi connectivity index (χ0) is 30.3. The van der Waals surface area contributed by atoms with Crippen LogP contribution in [0.15, 0.2) is 25.3 Å². The van der Waals surface area contributed by atoms with Gasteiger partial charge < -0.3 is 18.9 Å². The van der Waals surface area contributed by atoms with Crippen LogP contribution in [-0.4, -0.2) is 55.8 Å². The Hall–Kier alpha value is -1.60. The number of hydrogen-bond acceptors (Lipinski definition) is 6. The predicted molar refractivity (Wildman–Crippen MR) is 161 cm³/mol. The summed E-state index contributed by atoms with van der Waals surface area (Å²) in [4.78, 5) is 23.3. The first-order valence-electron chi connectivity index (χ1n) is 14.9. The summed E-state index contributed by atoms with van der Waals surface area (Å²) >= 11 is 0. The van der Waals surface area contributed by atoms with Crippen molar-refractivity contribution in [3.63, 3.8) is 0 Å². The van der Waals surface area contributed by atoms with Gasteiger partial charge in [0.2, 0.25) is 0 Å². The minimum absolute atomic E-state index is 0.297. The summed E-state index contributed by atoms with van der Waals surface area (Å²) in [6.07, 6.45) is 9.03. The average Bonchev–Trinajstić information content (AvgIpc) is 2.90. The first-order chi connectivity index (χ1) is 18.2. The summed E-state index contributed by atoms with van der Waals surface area (Å²) < 4.78 is 24.1. The van der Waals surface area contributed by atoms with Gasteiger partial charge in [0.25, 0.3) is 0 Å². The molecule has 0 aliphatic heterocycles. The molecule has 0 N–H and O–H groups in total. The molecule has 0 aromatic rings. The van der Waals surface area contributed by atoms with Crippen molar-refractivity contribution in [3.05, 3.63) is 25.3 Å². The first-order valence-corrected chi connectivity index (χ1v) is 14.9. The third kappa shape index (κ3) is 11.8. The molecule has 7 heteroatoms. The lowest BCUT2D eigenvalue weighted by Gasteiger charge is -2.54. The standard InChI is InChI=1S/C32H57BO6/c1-12-25(8)23-30(15-4,32(33,18-7)37-21-19-26(9)38-27(34)13-2)24-31(16-5,17-6)36-22-20-29(10,11)39-28(35)14-3/h13-14,25-26H,2-3,12,15-24H2,1,4-11H3. The molecule has 0 aromatic heterocycles. The van der Waals surface area contributed by atoms with Crippen LogP contribution in [0.3, 0.4) is 0 Å². The van der Waals surface area contributed by atoms with Gasteiger partial charge in [0.15, 0.2) is 0 Å². The van der Waals surface area contributed by atoms with Crippen LogP contribution >= 0.6 is 0 Å². The number of rotatable bonds is 22. The van der Waals surface area contributed by atoms with Gasteiger partial charge in [-0.15, -0.1) is 0 Å². The topological polar surface area (TPSA) is 71.1 Å². The first kappa shape index (κ1) is 37.4. The van der Waals surface area contributed by atoms with E-state index < -0.39 is 28.6 Å². The van der Waals surface area contributed by atoms with Crippen molar-refractivity contribution < 1.29 is 28.5 Å². The van der Waals surface area contributed by atoms with Gasteiger partial charge in [0.1, 0.15) is 19.6 Å². The Morgan fingerprint density at radius 2 is 1.46 bits per heavy atom. The van der Waals surface area contributed by atoms with Gasteiger partial charge in [-0.1, -0.05) is 61.1 Å². The number of carbonyl (C=O) groups excluding carboxylic acids is 2. The molecule has 0 aromatic carbocycles. The summed E-state index contributed by atoms with van der Waals surface area (Å²) in [5.41, 5.74) is -2.29. The van der Waals surface area contributed by atoms with E-state index in [1.807, 2.05) is 20.8 Å². The molecule has 0 saturated carbocycles. The number of hydrogen-bond donors (Lipinski definition) is 0. The van der Waals surface area contributed by atoms with Crippen molar-refractivity contribution >= 4 is 19.8 Å². The molecule has 4 unspecified atom stereocenters. The molecule has 0 amide bonds. The zero-order valence-electron chi connectivity index (χ0n) is 26.5. The van der Waals surface area contributed by atoms with Crippen LogP contribution in [0.4, 0.5) is 0 Å². The highest BCUT2D eigenvalue weighted by Crippen LogP contribution is 2.51. The highest BCUT2D eigenvalue weighted by atomic mass is 16.6. The molecule has 6 nitrogen and oxygen atoms in total.